The van der Waals surface area contributed by atoms with Gasteiger partial charge in [0.2, 0.25) is 0 Å². The van der Waals surface area contributed by atoms with Crippen molar-refractivity contribution < 1.29 is 0 Å². The Morgan fingerprint density at radius 1 is 1.36 bits per heavy atom. The van der Waals surface area contributed by atoms with E-state index in [1.807, 2.05) is 0 Å². The summed E-state index contributed by atoms with van der Waals surface area (Å²) >= 11 is 0. The Hall–Kier alpha value is -0.590. The predicted octanol–water partition coefficient (Wildman–Crippen LogP) is 3.21. The normalized spacial score (nSPS) is 13.8. The molecule has 11 heavy (non-hydrogen) atoms. The second kappa shape index (κ2) is 6.14. The summed E-state index contributed by atoms with van der Waals surface area (Å²) in [5, 5.41) is 0. The first kappa shape index (κ1) is 10.4. The molecule has 1 nitrogen and oxygen atoms in total. The minimum Gasteiger partial charge on any atom is -0.290 e. The summed E-state index contributed by atoms with van der Waals surface area (Å²) in [5.74, 6) is 0. The molecule has 0 aliphatic rings. The van der Waals surface area contributed by atoms with Crippen molar-refractivity contribution in [2.24, 2.45) is 4.99 Å². The van der Waals surface area contributed by atoms with Crippen LogP contribution >= 0.6 is 0 Å². The molecule has 0 spiro atoms. The van der Waals surface area contributed by atoms with Crippen molar-refractivity contribution in [1.82, 2.24) is 0 Å². The van der Waals surface area contributed by atoms with Gasteiger partial charge in [0.1, 0.15) is 0 Å². The highest BCUT2D eigenvalue weighted by Crippen LogP contribution is 2.01. The van der Waals surface area contributed by atoms with Gasteiger partial charge in [0.05, 0.1) is 0 Å². The summed E-state index contributed by atoms with van der Waals surface area (Å²) in [6.45, 7) is 9.46. The lowest BCUT2D eigenvalue weighted by Crippen LogP contribution is -1.99. The topological polar surface area (TPSA) is 12.4 Å². The molecule has 0 bridgehead atoms. The highest BCUT2D eigenvalue weighted by Gasteiger charge is 1.95. The fraction of sp³-hybridized carbons (Fsp3) is 0.700. The lowest BCUT2D eigenvalue weighted by Gasteiger charge is -2.02. The van der Waals surface area contributed by atoms with Crippen LogP contribution in [0.1, 0.15) is 40.5 Å². The molecule has 0 rings (SSSR count). The molecule has 0 unspecified atom stereocenters. The standard InChI is InChI=1S/C10H19N/c1-5-8-11-10(7-3)9(4)6-2/h6H,5,7-8H2,1-4H3/b9-6+,11-10?. The molecule has 0 aliphatic heterocycles. The van der Waals surface area contributed by atoms with Crippen molar-refractivity contribution in [1.29, 1.82) is 0 Å². The van der Waals surface area contributed by atoms with E-state index in [1.54, 1.807) is 0 Å². The molecule has 0 aromatic heterocycles. The van der Waals surface area contributed by atoms with Crippen LogP contribution in [-0.2, 0) is 0 Å². The monoisotopic (exact) mass is 153 g/mol. The van der Waals surface area contributed by atoms with Crippen LogP contribution in [0.25, 0.3) is 0 Å². The van der Waals surface area contributed by atoms with Gasteiger partial charge in [-0.15, -0.1) is 0 Å². The van der Waals surface area contributed by atoms with Gasteiger partial charge in [-0.2, -0.15) is 0 Å². The maximum atomic E-state index is 4.48. The highest BCUT2D eigenvalue weighted by molar-refractivity contribution is 5.99. The smallest absolute Gasteiger partial charge is 0.0390 e. The third kappa shape index (κ3) is 3.97. The fourth-order valence-corrected chi connectivity index (χ4v) is 0.929. The van der Waals surface area contributed by atoms with Crippen LogP contribution in [0.4, 0.5) is 0 Å². The third-order valence-corrected chi connectivity index (χ3v) is 1.75. The van der Waals surface area contributed by atoms with Crippen LogP contribution in [0, 0.1) is 0 Å². The zero-order valence-electron chi connectivity index (χ0n) is 8.15. The van der Waals surface area contributed by atoms with Gasteiger partial charge in [-0.25, -0.2) is 0 Å². The van der Waals surface area contributed by atoms with E-state index in [2.05, 4.69) is 38.8 Å². The van der Waals surface area contributed by atoms with Crippen LogP contribution in [0.2, 0.25) is 0 Å². The molecule has 0 aliphatic carbocycles. The zero-order valence-corrected chi connectivity index (χ0v) is 8.15. The number of aliphatic imine (C=N–C) groups is 1. The van der Waals surface area contributed by atoms with Gasteiger partial charge in [-0.3, -0.25) is 4.99 Å². The molecule has 0 heterocycles. The van der Waals surface area contributed by atoms with Gasteiger partial charge in [0.25, 0.3) is 0 Å². The molecule has 0 saturated heterocycles. The van der Waals surface area contributed by atoms with Crippen molar-refractivity contribution in [3.05, 3.63) is 11.6 Å². The maximum Gasteiger partial charge on any atom is 0.0390 e. The maximum absolute atomic E-state index is 4.48. The van der Waals surface area contributed by atoms with Crippen LogP contribution in [0.5, 0.6) is 0 Å². The lowest BCUT2D eigenvalue weighted by atomic mass is 10.1. The Kier molecular flexibility index (Phi) is 5.81. The van der Waals surface area contributed by atoms with Gasteiger partial charge in [-0.1, -0.05) is 19.9 Å². The van der Waals surface area contributed by atoms with E-state index in [-0.39, 0.29) is 0 Å². The average molecular weight is 153 g/mol. The predicted molar refractivity (Wildman–Crippen MR) is 52.3 cm³/mol. The summed E-state index contributed by atoms with van der Waals surface area (Å²) in [6.07, 6.45) is 4.31. The summed E-state index contributed by atoms with van der Waals surface area (Å²) in [7, 11) is 0. The molecular weight excluding hydrogens is 134 g/mol. The van der Waals surface area contributed by atoms with Gasteiger partial charge >= 0.3 is 0 Å². The van der Waals surface area contributed by atoms with Gasteiger partial charge in [0, 0.05) is 12.3 Å². The van der Waals surface area contributed by atoms with Gasteiger partial charge < -0.3 is 0 Å². The van der Waals surface area contributed by atoms with Gasteiger partial charge in [-0.05, 0) is 32.3 Å². The molecule has 0 amide bonds. The average Bonchev–Trinajstić information content (AvgIpc) is 2.05. The van der Waals surface area contributed by atoms with Crippen molar-refractivity contribution >= 4 is 5.71 Å². The Morgan fingerprint density at radius 3 is 2.36 bits per heavy atom. The minimum absolute atomic E-state index is 0.967. The van der Waals surface area contributed by atoms with Crippen molar-refractivity contribution in [3.63, 3.8) is 0 Å². The van der Waals surface area contributed by atoms with Crippen LogP contribution in [0.15, 0.2) is 16.6 Å². The molecule has 0 aromatic carbocycles. The second-order valence-corrected chi connectivity index (χ2v) is 2.65. The molecular formula is C10H19N. The fourth-order valence-electron chi connectivity index (χ4n) is 0.929. The summed E-state index contributed by atoms with van der Waals surface area (Å²) < 4.78 is 0. The Labute approximate surface area is 70.2 Å². The first-order valence-corrected chi connectivity index (χ1v) is 4.42. The molecule has 0 aromatic rings. The Balaban J connectivity index is 4.15. The van der Waals surface area contributed by atoms with E-state index < -0.39 is 0 Å². The largest absolute Gasteiger partial charge is 0.290 e. The summed E-state index contributed by atoms with van der Waals surface area (Å²) in [4.78, 5) is 4.48. The molecule has 0 N–H and O–H groups in total. The van der Waals surface area contributed by atoms with Crippen molar-refractivity contribution in [2.75, 3.05) is 6.54 Å². The van der Waals surface area contributed by atoms with E-state index >= 15 is 0 Å². The molecule has 0 saturated carbocycles. The number of hydrogen-bond acceptors (Lipinski definition) is 1. The van der Waals surface area contributed by atoms with Crippen LogP contribution in [-0.4, -0.2) is 12.3 Å². The highest BCUT2D eigenvalue weighted by atomic mass is 14.7. The summed E-state index contributed by atoms with van der Waals surface area (Å²) in [5.41, 5.74) is 2.58. The third-order valence-electron chi connectivity index (χ3n) is 1.75. The van der Waals surface area contributed by atoms with E-state index in [4.69, 9.17) is 0 Å². The molecule has 0 fully saturated rings. The number of rotatable bonds is 4. The number of allylic oxidation sites excluding steroid dienone is 2. The molecule has 64 valence electrons. The van der Waals surface area contributed by atoms with E-state index in [1.165, 1.54) is 11.3 Å². The summed E-state index contributed by atoms with van der Waals surface area (Å²) in [6, 6.07) is 0. The Morgan fingerprint density at radius 2 is 2.00 bits per heavy atom. The molecule has 0 radical (unpaired) electrons. The second-order valence-electron chi connectivity index (χ2n) is 2.65. The number of hydrogen-bond donors (Lipinski definition) is 0. The first-order valence-electron chi connectivity index (χ1n) is 4.42. The number of nitrogens with zero attached hydrogens (tertiary/aromatic N) is 1. The zero-order chi connectivity index (χ0) is 8.69. The minimum atomic E-state index is 0.967. The quantitative estimate of drug-likeness (QED) is 0.550. The van der Waals surface area contributed by atoms with Crippen LogP contribution in [0.3, 0.4) is 0 Å². The van der Waals surface area contributed by atoms with E-state index in [9.17, 15) is 0 Å². The van der Waals surface area contributed by atoms with Gasteiger partial charge in [0.15, 0.2) is 0 Å². The van der Waals surface area contributed by atoms with E-state index in [0.29, 0.717) is 0 Å². The van der Waals surface area contributed by atoms with E-state index in [0.717, 1.165) is 19.4 Å². The first-order chi connectivity index (χ1) is 5.26. The SMILES string of the molecule is C/C=C(\C)C(CC)=NCCC. The molecule has 0 atom stereocenters. The lowest BCUT2D eigenvalue weighted by molar-refractivity contribution is 0.925. The van der Waals surface area contributed by atoms with Crippen molar-refractivity contribution in [2.45, 2.75) is 40.5 Å². The molecule has 1 heteroatoms. The van der Waals surface area contributed by atoms with Crippen LogP contribution < -0.4 is 0 Å². The Bertz CT molecular complexity index is 154. The van der Waals surface area contributed by atoms with Crippen molar-refractivity contribution in [3.8, 4) is 0 Å².